The maximum atomic E-state index is 6.66. The second-order valence-corrected chi connectivity index (χ2v) is 6.25. The van der Waals surface area contributed by atoms with Crippen LogP contribution < -0.4 is 4.74 Å². The van der Waals surface area contributed by atoms with Crippen LogP contribution in [0, 0.1) is 11.8 Å². The van der Waals surface area contributed by atoms with Gasteiger partial charge < -0.3 is 4.74 Å². The number of halogens is 2. The molecule has 0 saturated heterocycles. The van der Waals surface area contributed by atoms with Gasteiger partial charge in [0.15, 0.2) is 0 Å². The average molecular weight is 318 g/mol. The van der Waals surface area contributed by atoms with Gasteiger partial charge in [-0.05, 0) is 36.5 Å². The monoisotopic (exact) mass is 316 g/mol. The average Bonchev–Trinajstić information content (AvgIpc) is 2.74. The first kappa shape index (κ1) is 13.2. The highest BCUT2D eigenvalue weighted by atomic mass is 79.9. The van der Waals surface area contributed by atoms with Crippen LogP contribution in [0.2, 0.25) is 0 Å². The summed E-state index contributed by atoms with van der Waals surface area (Å²) in [5, 5.41) is 0.0555. The lowest BCUT2D eigenvalue weighted by Gasteiger charge is -2.23. The molecule has 0 heterocycles. The Kier molecular flexibility index (Phi) is 4.37. The largest absolute Gasteiger partial charge is 0.496 e. The molecule has 1 nitrogen and oxygen atoms in total. The first-order valence-corrected chi connectivity index (χ1v) is 7.34. The van der Waals surface area contributed by atoms with E-state index in [1.165, 1.54) is 19.3 Å². The van der Waals surface area contributed by atoms with Gasteiger partial charge in [0.1, 0.15) is 5.75 Å². The van der Waals surface area contributed by atoms with Gasteiger partial charge in [-0.25, -0.2) is 0 Å². The zero-order chi connectivity index (χ0) is 12.4. The van der Waals surface area contributed by atoms with Crippen molar-refractivity contribution in [1.29, 1.82) is 0 Å². The normalized spacial score (nSPS) is 25.9. The summed E-state index contributed by atoms with van der Waals surface area (Å²) in [5.74, 6) is 2.17. The molecule has 0 amide bonds. The molecule has 2 rings (SSSR count). The van der Waals surface area contributed by atoms with Gasteiger partial charge in [-0.15, -0.1) is 11.6 Å². The number of ether oxygens (including phenoxy) is 1. The van der Waals surface area contributed by atoms with E-state index in [1.807, 2.05) is 12.1 Å². The topological polar surface area (TPSA) is 9.23 Å². The van der Waals surface area contributed by atoms with Crippen molar-refractivity contribution in [3.63, 3.8) is 0 Å². The summed E-state index contributed by atoms with van der Waals surface area (Å²) in [4.78, 5) is 0. The number of hydrogen-bond donors (Lipinski definition) is 0. The van der Waals surface area contributed by atoms with Crippen LogP contribution >= 0.6 is 27.5 Å². The molecule has 0 N–H and O–H groups in total. The molecule has 1 aromatic rings. The Morgan fingerprint density at radius 1 is 1.41 bits per heavy atom. The molecule has 3 heteroatoms. The summed E-state index contributed by atoms with van der Waals surface area (Å²) in [6, 6.07) is 6.06. The first-order chi connectivity index (χ1) is 8.13. The van der Waals surface area contributed by atoms with Crippen molar-refractivity contribution in [2.45, 2.75) is 31.6 Å². The quantitative estimate of drug-likeness (QED) is 0.698. The molecular weight excluding hydrogens is 300 g/mol. The van der Waals surface area contributed by atoms with Crippen molar-refractivity contribution < 1.29 is 4.74 Å². The molecule has 0 bridgehead atoms. The minimum Gasteiger partial charge on any atom is -0.496 e. The third-order valence-electron chi connectivity index (χ3n) is 3.79. The van der Waals surface area contributed by atoms with Crippen molar-refractivity contribution >= 4 is 27.5 Å². The highest BCUT2D eigenvalue weighted by molar-refractivity contribution is 9.10. The first-order valence-electron chi connectivity index (χ1n) is 6.11. The van der Waals surface area contributed by atoms with E-state index < -0.39 is 0 Å². The lowest BCUT2D eigenvalue weighted by atomic mass is 9.90. The summed E-state index contributed by atoms with van der Waals surface area (Å²) in [5.41, 5.74) is 1.11. The summed E-state index contributed by atoms with van der Waals surface area (Å²) in [7, 11) is 1.70. The highest BCUT2D eigenvalue weighted by Gasteiger charge is 2.32. The summed E-state index contributed by atoms with van der Waals surface area (Å²) < 4.78 is 6.47. The number of benzene rings is 1. The second kappa shape index (κ2) is 5.62. The van der Waals surface area contributed by atoms with Crippen molar-refractivity contribution in [2.75, 3.05) is 7.11 Å². The Labute approximate surface area is 117 Å². The highest BCUT2D eigenvalue weighted by Crippen LogP contribution is 2.46. The molecule has 3 unspecified atom stereocenters. The van der Waals surface area contributed by atoms with Crippen LogP contribution in [0.25, 0.3) is 0 Å². The van der Waals surface area contributed by atoms with Gasteiger partial charge in [-0.2, -0.15) is 0 Å². The molecule has 1 saturated carbocycles. The molecule has 1 aromatic carbocycles. The smallest absolute Gasteiger partial charge is 0.123 e. The number of hydrogen-bond acceptors (Lipinski definition) is 1. The fraction of sp³-hybridized carbons (Fsp3) is 0.571. The minimum absolute atomic E-state index is 0.0555. The molecule has 17 heavy (non-hydrogen) atoms. The maximum absolute atomic E-state index is 6.66. The molecule has 0 spiro atoms. The third kappa shape index (κ3) is 2.79. The van der Waals surface area contributed by atoms with E-state index >= 15 is 0 Å². The SMILES string of the molecule is COc1ccc(Br)cc1C(Cl)C1CCCC1C. The standard InChI is InChI=1S/C14H18BrClO/c1-9-4-3-5-11(9)14(16)12-8-10(15)6-7-13(12)17-2/h6-9,11,14H,3-5H2,1-2H3. The Hall–Kier alpha value is -0.210. The van der Waals surface area contributed by atoms with Gasteiger partial charge in [-0.1, -0.05) is 35.7 Å². The molecule has 0 radical (unpaired) electrons. The molecule has 0 aromatic heterocycles. The third-order valence-corrected chi connectivity index (χ3v) is 4.84. The van der Waals surface area contributed by atoms with Crippen molar-refractivity contribution in [3.8, 4) is 5.75 Å². The van der Waals surface area contributed by atoms with Gasteiger partial charge in [0.2, 0.25) is 0 Å². The van der Waals surface area contributed by atoms with E-state index in [0.717, 1.165) is 15.8 Å². The van der Waals surface area contributed by atoms with Gasteiger partial charge in [-0.3, -0.25) is 0 Å². The van der Waals surface area contributed by atoms with Gasteiger partial charge in [0, 0.05) is 10.0 Å². The minimum atomic E-state index is 0.0555. The Morgan fingerprint density at radius 2 is 2.18 bits per heavy atom. The molecule has 1 fully saturated rings. The van der Waals surface area contributed by atoms with Crippen molar-refractivity contribution in [2.24, 2.45) is 11.8 Å². The van der Waals surface area contributed by atoms with Crippen LogP contribution in [0.4, 0.5) is 0 Å². The zero-order valence-electron chi connectivity index (χ0n) is 10.2. The Morgan fingerprint density at radius 3 is 2.76 bits per heavy atom. The van der Waals surface area contributed by atoms with Crippen LogP contribution in [-0.4, -0.2) is 7.11 Å². The van der Waals surface area contributed by atoms with Crippen LogP contribution in [0.5, 0.6) is 5.75 Å². The van der Waals surface area contributed by atoms with E-state index in [1.54, 1.807) is 7.11 Å². The van der Waals surface area contributed by atoms with Crippen molar-refractivity contribution in [1.82, 2.24) is 0 Å². The van der Waals surface area contributed by atoms with Crippen LogP contribution in [-0.2, 0) is 0 Å². The molecular formula is C14H18BrClO. The van der Waals surface area contributed by atoms with E-state index in [2.05, 4.69) is 28.9 Å². The molecule has 94 valence electrons. The predicted molar refractivity (Wildman–Crippen MR) is 75.8 cm³/mol. The number of alkyl halides is 1. The zero-order valence-corrected chi connectivity index (χ0v) is 12.6. The van der Waals surface area contributed by atoms with Crippen LogP contribution in [0.3, 0.4) is 0 Å². The lowest BCUT2D eigenvalue weighted by Crippen LogP contribution is -2.11. The fourth-order valence-corrected chi connectivity index (χ4v) is 3.68. The van der Waals surface area contributed by atoms with Crippen LogP contribution in [0.15, 0.2) is 22.7 Å². The molecule has 0 aliphatic heterocycles. The van der Waals surface area contributed by atoms with E-state index in [0.29, 0.717) is 11.8 Å². The van der Waals surface area contributed by atoms with Gasteiger partial charge in [0.05, 0.1) is 12.5 Å². The summed E-state index contributed by atoms with van der Waals surface area (Å²) >= 11 is 10.2. The molecule has 3 atom stereocenters. The summed E-state index contributed by atoms with van der Waals surface area (Å²) in [6.45, 7) is 2.30. The van der Waals surface area contributed by atoms with E-state index in [9.17, 15) is 0 Å². The van der Waals surface area contributed by atoms with Gasteiger partial charge >= 0.3 is 0 Å². The molecule has 1 aliphatic rings. The lowest BCUT2D eigenvalue weighted by molar-refractivity contribution is 0.379. The van der Waals surface area contributed by atoms with Crippen LogP contribution in [0.1, 0.15) is 37.1 Å². The van der Waals surface area contributed by atoms with E-state index in [-0.39, 0.29) is 5.38 Å². The number of methoxy groups -OCH3 is 1. The fourth-order valence-electron chi connectivity index (χ4n) is 2.76. The predicted octanol–water partition coefficient (Wildman–Crippen LogP) is 5.17. The molecule has 1 aliphatic carbocycles. The maximum Gasteiger partial charge on any atom is 0.123 e. The second-order valence-electron chi connectivity index (χ2n) is 4.86. The Bertz CT molecular complexity index is 394. The van der Waals surface area contributed by atoms with Gasteiger partial charge in [0.25, 0.3) is 0 Å². The number of rotatable bonds is 3. The van der Waals surface area contributed by atoms with E-state index in [4.69, 9.17) is 16.3 Å². The summed E-state index contributed by atoms with van der Waals surface area (Å²) in [6.07, 6.45) is 3.82. The van der Waals surface area contributed by atoms with Crippen molar-refractivity contribution in [3.05, 3.63) is 28.2 Å². The Balaban J connectivity index is 2.28.